The molecular formula is C22H28N4O4. The minimum atomic E-state index is -0.402. The molecule has 1 aliphatic heterocycles. The molecule has 8 heteroatoms. The van der Waals surface area contributed by atoms with Gasteiger partial charge in [-0.3, -0.25) is 10.1 Å². The van der Waals surface area contributed by atoms with E-state index in [4.69, 9.17) is 9.47 Å². The first kappa shape index (κ1) is 21.6. The van der Waals surface area contributed by atoms with Gasteiger partial charge in [-0.2, -0.15) is 0 Å². The molecule has 0 bridgehead atoms. The zero-order valence-electron chi connectivity index (χ0n) is 17.2. The molecule has 0 saturated carbocycles. The quantitative estimate of drug-likeness (QED) is 0.284. The van der Waals surface area contributed by atoms with E-state index in [-0.39, 0.29) is 11.8 Å². The Labute approximate surface area is 176 Å². The van der Waals surface area contributed by atoms with E-state index >= 15 is 0 Å². The van der Waals surface area contributed by atoms with Crippen LogP contribution in [0.15, 0.2) is 53.5 Å². The van der Waals surface area contributed by atoms with Gasteiger partial charge in [0.1, 0.15) is 5.75 Å². The SMILES string of the molecule is COc1ccccc1CCNC(=NCc1ccc([N+](=O)[O-])cc1)NCC1CCCO1. The summed E-state index contributed by atoms with van der Waals surface area (Å²) >= 11 is 0. The molecule has 1 heterocycles. The third-order valence-corrected chi connectivity index (χ3v) is 4.97. The van der Waals surface area contributed by atoms with Crippen LogP contribution in [0.25, 0.3) is 0 Å². The van der Waals surface area contributed by atoms with E-state index < -0.39 is 4.92 Å². The van der Waals surface area contributed by atoms with E-state index in [1.54, 1.807) is 19.2 Å². The molecule has 2 N–H and O–H groups in total. The maximum absolute atomic E-state index is 10.8. The Kier molecular flexibility index (Phi) is 8.02. The normalized spacial score (nSPS) is 16.3. The second-order valence-corrected chi connectivity index (χ2v) is 7.09. The third-order valence-electron chi connectivity index (χ3n) is 4.97. The van der Waals surface area contributed by atoms with E-state index in [9.17, 15) is 10.1 Å². The predicted octanol–water partition coefficient (Wildman–Crippen LogP) is 3.06. The van der Waals surface area contributed by atoms with Crippen LogP contribution in [-0.2, 0) is 17.7 Å². The van der Waals surface area contributed by atoms with E-state index in [1.165, 1.54) is 12.1 Å². The number of methoxy groups -OCH3 is 1. The number of nitro benzene ring substituents is 1. The second kappa shape index (κ2) is 11.2. The Bertz CT molecular complexity index is 848. The number of guanidine groups is 1. The van der Waals surface area contributed by atoms with Crippen molar-refractivity contribution in [3.63, 3.8) is 0 Å². The first-order valence-electron chi connectivity index (χ1n) is 10.1. The van der Waals surface area contributed by atoms with Gasteiger partial charge in [-0.25, -0.2) is 4.99 Å². The number of nitrogens with one attached hydrogen (secondary N) is 2. The first-order chi connectivity index (χ1) is 14.7. The zero-order valence-corrected chi connectivity index (χ0v) is 17.2. The minimum Gasteiger partial charge on any atom is -0.496 e. The summed E-state index contributed by atoms with van der Waals surface area (Å²) in [6.45, 7) is 2.62. The van der Waals surface area contributed by atoms with E-state index in [2.05, 4.69) is 15.6 Å². The largest absolute Gasteiger partial charge is 0.496 e. The predicted molar refractivity (Wildman–Crippen MR) is 116 cm³/mol. The maximum atomic E-state index is 10.8. The van der Waals surface area contributed by atoms with Crippen LogP contribution in [0.1, 0.15) is 24.0 Å². The summed E-state index contributed by atoms with van der Waals surface area (Å²) in [5, 5.41) is 17.5. The average Bonchev–Trinajstić information content (AvgIpc) is 3.29. The average molecular weight is 412 g/mol. The molecule has 160 valence electrons. The van der Waals surface area contributed by atoms with Crippen molar-refractivity contribution in [1.82, 2.24) is 10.6 Å². The van der Waals surface area contributed by atoms with Crippen molar-refractivity contribution in [3.8, 4) is 5.75 Å². The van der Waals surface area contributed by atoms with Crippen molar-refractivity contribution < 1.29 is 14.4 Å². The summed E-state index contributed by atoms with van der Waals surface area (Å²) in [4.78, 5) is 15.0. The molecule has 0 amide bonds. The lowest BCUT2D eigenvalue weighted by Gasteiger charge is -2.16. The number of hydrogen-bond donors (Lipinski definition) is 2. The summed E-state index contributed by atoms with van der Waals surface area (Å²) in [5.41, 5.74) is 2.11. The van der Waals surface area contributed by atoms with Crippen molar-refractivity contribution in [2.75, 3.05) is 26.8 Å². The van der Waals surface area contributed by atoms with Gasteiger partial charge in [-0.15, -0.1) is 0 Å². The summed E-state index contributed by atoms with van der Waals surface area (Å²) in [6, 6.07) is 14.4. The molecule has 30 heavy (non-hydrogen) atoms. The van der Waals surface area contributed by atoms with Gasteiger partial charge < -0.3 is 20.1 Å². The Morgan fingerprint density at radius 2 is 2.03 bits per heavy atom. The number of rotatable bonds is 9. The van der Waals surface area contributed by atoms with E-state index in [0.717, 1.165) is 42.7 Å². The van der Waals surface area contributed by atoms with Crippen molar-refractivity contribution in [2.24, 2.45) is 4.99 Å². The van der Waals surface area contributed by atoms with Crippen LogP contribution in [0.5, 0.6) is 5.75 Å². The van der Waals surface area contributed by atoms with Crippen LogP contribution in [-0.4, -0.2) is 43.8 Å². The maximum Gasteiger partial charge on any atom is 0.269 e. The number of nitro groups is 1. The van der Waals surface area contributed by atoms with Crippen LogP contribution >= 0.6 is 0 Å². The van der Waals surface area contributed by atoms with Crippen molar-refractivity contribution in [1.29, 1.82) is 0 Å². The lowest BCUT2D eigenvalue weighted by Crippen LogP contribution is -2.42. The van der Waals surface area contributed by atoms with Gasteiger partial charge in [0.15, 0.2) is 5.96 Å². The zero-order chi connectivity index (χ0) is 21.2. The van der Waals surface area contributed by atoms with E-state index in [0.29, 0.717) is 25.6 Å². The fourth-order valence-electron chi connectivity index (χ4n) is 3.31. The molecule has 2 aromatic carbocycles. The smallest absolute Gasteiger partial charge is 0.269 e. The summed E-state index contributed by atoms with van der Waals surface area (Å²) < 4.78 is 11.1. The minimum absolute atomic E-state index is 0.0781. The molecule has 0 radical (unpaired) electrons. The first-order valence-corrected chi connectivity index (χ1v) is 10.1. The lowest BCUT2D eigenvalue weighted by atomic mass is 10.1. The molecule has 1 unspecified atom stereocenters. The lowest BCUT2D eigenvalue weighted by molar-refractivity contribution is -0.384. The molecule has 0 aromatic heterocycles. The highest BCUT2D eigenvalue weighted by molar-refractivity contribution is 5.79. The fourth-order valence-corrected chi connectivity index (χ4v) is 3.31. The number of benzene rings is 2. The molecule has 8 nitrogen and oxygen atoms in total. The standard InChI is InChI=1S/C22H28N4O4/c1-29-21-7-3-2-5-18(21)12-13-23-22(25-16-20-6-4-14-30-20)24-15-17-8-10-19(11-9-17)26(27)28/h2-3,5,7-11,20H,4,6,12-16H2,1H3,(H2,23,24,25). The molecular weight excluding hydrogens is 384 g/mol. The van der Waals surface area contributed by atoms with Crippen molar-refractivity contribution >= 4 is 11.6 Å². The van der Waals surface area contributed by atoms with Gasteiger partial charge in [0.05, 0.1) is 24.7 Å². The van der Waals surface area contributed by atoms with Crippen LogP contribution < -0.4 is 15.4 Å². The molecule has 1 aliphatic rings. The summed E-state index contributed by atoms with van der Waals surface area (Å²) in [6.07, 6.45) is 3.13. The number of aliphatic imine (C=N–C) groups is 1. The Morgan fingerprint density at radius 1 is 1.23 bits per heavy atom. The van der Waals surface area contributed by atoms with E-state index in [1.807, 2.05) is 24.3 Å². The highest BCUT2D eigenvalue weighted by Gasteiger charge is 2.15. The van der Waals surface area contributed by atoms with Gasteiger partial charge in [0, 0.05) is 31.8 Å². The topological polar surface area (TPSA) is 98.0 Å². The van der Waals surface area contributed by atoms with Gasteiger partial charge in [-0.05, 0) is 36.5 Å². The molecule has 1 saturated heterocycles. The molecule has 0 spiro atoms. The third kappa shape index (κ3) is 6.45. The van der Waals surface area contributed by atoms with Gasteiger partial charge in [0.25, 0.3) is 5.69 Å². The van der Waals surface area contributed by atoms with Gasteiger partial charge in [0.2, 0.25) is 0 Å². The van der Waals surface area contributed by atoms with Crippen LogP contribution in [0, 0.1) is 10.1 Å². The Hall–Kier alpha value is -3.13. The molecule has 1 atom stereocenters. The number of non-ortho nitro benzene ring substituents is 1. The molecule has 1 fully saturated rings. The number of para-hydroxylation sites is 1. The number of nitrogens with zero attached hydrogens (tertiary/aromatic N) is 2. The summed E-state index contributed by atoms with van der Waals surface area (Å²) in [7, 11) is 1.67. The highest BCUT2D eigenvalue weighted by Crippen LogP contribution is 2.17. The Morgan fingerprint density at radius 3 is 2.73 bits per heavy atom. The van der Waals surface area contributed by atoms with Crippen molar-refractivity contribution in [2.45, 2.75) is 31.9 Å². The molecule has 0 aliphatic carbocycles. The van der Waals surface area contributed by atoms with Crippen LogP contribution in [0.4, 0.5) is 5.69 Å². The molecule has 3 rings (SSSR count). The number of ether oxygens (including phenoxy) is 2. The Balaban J connectivity index is 1.59. The number of hydrogen-bond acceptors (Lipinski definition) is 5. The fraction of sp³-hybridized carbons (Fsp3) is 0.409. The van der Waals surface area contributed by atoms with Crippen LogP contribution in [0.2, 0.25) is 0 Å². The van der Waals surface area contributed by atoms with Gasteiger partial charge in [-0.1, -0.05) is 30.3 Å². The second-order valence-electron chi connectivity index (χ2n) is 7.09. The highest BCUT2D eigenvalue weighted by atomic mass is 16.6. The van der Waals surface area contributed by atoms with Crippen molar-refractivity contribution in [3.05, 3.63) is 69.8 Å². The van der Waals surface area contributed by atoms with Crippen LogP contribution in [0.3, 0.4) is 0 Å². The molecule has 2 aromatic rings. The monoisotopic (exact) mass is 412 g/mol. The summed E-state index contributed by atoms with van der Waals surface area (Å²) in [5.74, 6) is 1.56. The van der Waals surface area contributed by atoms with Gasteiger partial charge >= 0.3 is 0 Å².